The fourth-order valence-corrected chi connectivity index (χ4v) is 5.79. The van der Waals surface area contributed by atoms with Gasteiger partial charge in [0.2, 0.25) is 0 Å². The van der Waals surface area contributed by atoms with E-state index in [2.05, 4.69) is 38.7 Å². The molecule has 0 unspecified atom stereocenters. The summed E-state index contributed by atoms with van der Waals surface area (Å²) in [7, 11) is -3.67. The minimum absolute atomic E-state index is 0.240. The maximum absolute atomic E-state index is 13.2. The van der Waals surface area contributed by atoms with E-state index in [0.717, 1.165) is 23.6 Å². The van der Waals surface area contributed by atoms with Crippen molar-refractivity contribution in [2.75, 3.05) is 0 Å². The first-order chi connectivity index (χ1) is 13.0. The molecule has 1 aliphatic heterocycles. The lowest BCUT2D eigenvalue weighted by atomic mass is 9.42. The number of aryl methyl sites for hydroxylation is 1. The fraction of sp³-hybridized carbons (Fsp3) is 0.409. The van der Waals surface area contributed by atoms with Crippen LogP contribution in [-0.4, -0.2) is 24.1 Å². The van der Waals surface area contributed by atoms with Gasteiger partial charge in [-0.2, -0.15) is 0 Å². The van der Waals surface area contributed by atoms with Crippen LogP contribution < -0.4 is 5.46 Å². The Bertz CT molecular complexity index is 1130. The molecule has 4 rings (SSSR count). The van der Waals surface area contributed by atoms with Gasteiger partial charge < -0.3 is 0 Å². The number of benzene rings is 1. The van der Waals surface area contributed by atoms with Crippen LogP contribution in [0.4, 0.5) is 0 Å². The standard InChI is InChI=1S/C22H27BN2O2S/c1-16-6-8-17(9-7-16)28(26,27)25-13-11-18-19(10-12-24-20(18)25)23-14-21(2,3)22(4,5)15-23/h6-13H,14-15H2,1-5H3. The number of fused-ring (bicyclic) bond motifs is 1. The average molecular weight is 394 g/mol. The van der Waals surface area contributed by atoms with E-state index in [0.29, 0.717) is 12.4 Å². The van der Waals surface area contributed by atoms with Crippen molar-refractivity contribution in [2.24, 2.45) is 10.8 Å². The summed E-state index contributed by atoms with van der Waals surface area (Å²) in [4.78, 5) is 4.72. The third-order valence-corrected chi connectivity index (χ3v) is 8.63. The number of rotatable bonds is 3. The molecule has 0 atom stereocenters. The smallest absolute Gasteiger partial charge is 0.237 e. The maximum Gasteiger partial charge on any atom is 0.269 e. The Morgan fingerprint density at radius 3 is 2.18 bits per heavy atom. The van der Waals surface area contributed by atoms with Gasteiger partial charge in [-0.15, -0.1) is 0 Å². The first-order valence-electron chi connectivity index (χ1n) is 9.81. The monoisotopic (exact) mass is 394 g/mol. The molecule has 0 bridgehead atoms. The summed E-state index contributed by atoms with van der Waals surface area (Å²) in [5.41, 5.74) is 3.23. The number of pyridine rings is 1. The van der Waals surface area contributed by atoms with Crippen LogP contribution in [0.3, 0.4) is 0 Å². The van der Waals surface area contributed by atoms with Gasteiger partial charge in [-0.3, -0.25) is 0 Å². The van der Waals surface area contributed by atoms with E-state index in [1.807, 2.05) is 25.1 Å². The molecule has 1 aromatic carbocycles. The molecule has 0 radical (unpaired) electrons. The molecule has 1 saturated heterocycles. The van der Waals surface area contributed by atoms with Gasteiger partial charge in [0.05, 0.1) is 4.90 Å². The molecule has 0 saturated carbocycles. The molecule has 28 heavy (non-hydrogen) atoms. The Kier molecular flexibility index (Phi) is 4.27. The number of hydrogen-bond donors (Lipinski definition) is 0. The largest absolute Gasteiger partial charge is 0.269 e. The van der Waals surface area contributed by atoms with Crippen LogP contribution in [0.1, 0.15) is 33.3 Å². The van der Waals surface area contributed by atoms with E-state index in [1.54, 1.807) is 24.5 Å². The average Bonchev–Trinajstić information content (AvgIpc) is 3.14. The Morgan fingerprint density at radius 1 is 0.964 bits per heavy atom. The van der Waals surface area contributed by atoms with Gasteiger partial charge in [0.15, 0.2) is 12.4 Å². The van der Waals surface area contributed by atoms with Gasteiger partial charge in [-0.05, 0) is 42.0 Å². The van der Waals surface area contributed by atoms with Gasteiger partial charge in [-0.25, -0.2) is 17.4 Å². The summed E-state index contributed by atoms with van der Waals surface area (Å²) in [6, 6.07) is 10.9. The zero-order chi connectivity index (χ0) is 20.3. The van der Waals surface area contributed by atoms with Crippen LogP contribution in [0.5, 0.6) is 0 Å². The van der Waals surface area contributed by atoms with Crippen LogP contribution in [-0.2, 0) is 10.0 Å². The Hall–Kier alpha value is -2.08. The second-order valence-corrected chi connectivity index (χ2v) is 11.3. The first-order valence-corrected chi connectivity index (χ1v) is 11.3. The first kappa shape index (κ1) is 19.3. The molecule has 3 aromatic rings. The quantitative estimate of drug-likeness (QED) is 0.621. The van der Waals surface area contributed by atoms with Crippen molar-refractivity contribution in [3.05, 3.63) is 54.4 Å². The van der Waals surface area contributed by atoms with E-state index in [1.165, 1.54) is 9.44 Å². The predicted molar refractivity (Wildman–Crippen MR) is 116 cm³/mol. The molecule has 1 aliphatic rings. The van der Waals surface area contributed by atoms with Crippen molar-refractivity contribution in [1.82, 2.24) is 8.96 Å². The summed E-state index contributed by atoms with van der Waals surface area (Å²) in [5, 5.41) is 0.941. The molecule has 4 nitrogen and oxygen atoms in total. The van der Waals surface area contributed by atoms with E-state index < -0.39 is 10.0 Å². The van der Waals surface area contributed by atoms with E-state index in [9.17, 15) is 8.42 Å². The fourth-order valence-electron chi connectivity index (χ4n) is 4.49. The minimum Gasteiger partial charge on any atom is -0.237 e. The van der Waals surface area contributed by atoms with Gasteiger partial charge >= 0.3 is 0 Å². The molecule has 0 spiro atoms. The molecule has 0 amide bonds. The van der Waals surface area contributed by atoms with Crippen molar-refractivity contribution in [2.45, 2.75) is 52.2 Å². The highest BCUT2D eigenvalue weighted by Crippen LogP contribution is 2.52. The number of nitrogens with zero attached hydrogens (tertiary/aromatic N) is 2. The molecule has 3 heterocycles. The van der Waals surface area contributed by atoms with E-state index in [-0.39, 0.29) is 15.7 Å². The zero-order valence-electron chi connectivity index (χ0n) is 17.2. The van der Waals surface area contributed by atoms with Crippen molar-refractivity contribution >= 4 is 33.2 Å². The lowest BCUT2D eigenvalue weighted by molar-refractivity contribution is 0.177. The van der Waals surface area contributed by atoms with Crippen LogP contribution in [0.25, 0.3) is 11.0 Å². The highest BCUT2D eigenvalue weighted by molar-refractivity contribution is 7.90. The Labute approximate surface area is 168 Å². The summed E-state index contributed by atoms with van der Waals surface area (Å²) in [6.07, 6.45) is 5.57. The normalized spacial score (nSPS) is 18.7. The van der Waals surface area contributed by atoms with Gasteiger partial charge in [-0.1, -0.05) is 63.5 Å². The van der Waals surface area contributed by atoms with Crippen LogP contribution in [0.15, 0.2) is 53.7 Å². The lowest BCUT2D eigenvalue weighted by Crippen LogP contribution is -2.29. The molecular weight excluding hydrogens is 367 g/mol. The SMILES string of the molecule is Cc1ccc(S(=O)(=O)n2ccc3c(B4CC(C)(C)C(C)(C)C4)ccnc32)cc1. The molecule has 146 valence electrons. The van der Waals surface area contributed by atoms with E-state index >= 15 is 0 Å². The Balaban J connectivity index is 1.81. The zero-order valence-corrected chi connectivity index (χ0v) is 18.0. The molecule has 6 heteroatoms. The molecule has 1 fully saturated rings. The summed E-state index contributed by atoms with van der Waals surface area (Å²) >= 11 is 0. The summed E-state index contributed by atoms with van der Waals surface area (Å²) < 4.78 is 27.7. The number of hydrogen-bond acceptors (Lipinski definition) is 3. The van der Waals surface area contributed by atoms with Crippen molar-refractivity contribution in [3.8, 4) is 0 Å². The maximum atomic E-state index is 13.2. The molecule has 2 aromatic heterocycles. The van der Waals surface area contributed by atoms with Crippen LogP contribution in [0.2, 0.25) is 12.6 Å². The number of aromatic nitrogens is 2. The third-order valence-electron chi connectivity index (χ3n) is 6.95. The minimum atomic E-state index is -3.67. The summed E-state index contributed by atoms with van der Waals surface area (Å²) in [6.45, 7) is 11.7. The van der Waals surface area contributed by atoms with Crippen molar-refractivity contribution < 1.29 is 8.42 Å². The van der Waals surface area contributed by atoms with Crippen LogP contribution >= 0.6 is 0 Å². The van der Waals surface area contributed by atoms with Gasteiger partial charge in [0, 0.05) is 17.8 Å². The van der Waals surface area contributed by atoms with Crippen molar-refractivity contribution in [3.63, 3.8) is 0 Å². The molecule has 0 aliphatic carbocycles. The molecule has 0 N–H and O–H groups in total. The lowest BCUT2D eigenvalue weighted by Gasteiger charge is -2.35. The highest BCUT2D eigenvalue weighted by Gasteiger charge is 2.48. The van der Waals surface area contributed by atoms with E-state index in [4.69, 9.17) is 0 Å². The predicted octanol–water partition coefficient (Wildman–Crippen LogP) is 4.35. The topological polar surface area (TPSA) is 52.0 Å². The van der Waals surface area contributed by atoms with Gasteiger partial charge in [0.25, 0.3) is 10.0 Å². The second-order valence-electron chi connectivity index (χ2n) is 9.44. The Morgan fingerprint density at radius 2 is 1.57 bits per heavy atom. The van der Waals surface area contributed by atoms with Gasteiger partial charge in [0.1, 0.15) is 0 Å². The van der Waals surface area contributed by atoms with Crippen LogP contribution in [0, 0.1) is 17.8 Å². The molecular formula is C22H27BN2O2S. The second kappa shape index (κ2) is 6.21. The van der Waals surface area contributed by atoms with Crippen molar-refractivity contribution in [1.29, 1.82) is 0 Å². The highest BCUT2D eigenvalue weighted by atomic mass is 32.2. The summed E-state index contributed by atoms with van der Waals surface area (Å²) in [5.74, 6) is 0. The third kappa shape index (κ3) is 2.89.